The van der Waals surface area contributed by atoms with Crippen molar-refractivity contribution in [2.24, 2.45) is 0 Å². The lowest BCUT2D eigenvalue weighted by molar-refractivity contribution is 0.586. The van der Waals surface area contributed by atoms with Gasteiger partial charge in [0, 0.05) is 11.5 Å². The van der Waals surface area contributed by atoms with Crippen molar-refractivity contribution in [3.8, 4) is 6.07 Å². The van der Waals surface area contributed by atoms with Crippen LogP contribution in [-0.4, -0.2) is 8.41 Å². The third-order valence-corrected chi connectivity index (χ3v) is 5.53. The van der Waals surface area contributed by atoms with E-state index in [1.165, 1.54) is 0 Å². The molecule has 0 aromatic rings. The molecule has 0 rings (SSSR count). The molecular weight excluding hydrogens is 145 g/mol. The minimum absolute atomic E-state index is 0.322. The summed E-state index contributed by atoms with van der Waals surface area (Å²) < 4.78 is 13.3. The summed E-state index contributed by atoms with van der Waals surface area (Å²) in [7, 11) is -2.63. The second-order valence-corrected chi connectivity index (χ2v) is 7.99. The summed E-state index contributed by atoms with van der Waals surface area (Å²) in [6.45, 7) is 6.93. The molecule has 10 heavy (non-hydrogen) atoms. The van der Waals surface area contributed by atoms with Crippen LogP contribution in [0.4, 0.5) is 4.11 Å². The highest BCUT2D eigenvalue weighted by Crippen LogP contribution is 2.40. The van der Waals surface area contributed by atoms with Gasteiger partial charge in [0.2, 0.25) is 8.41 Å². The molecule has 58 valence electrons. The van der Waals surface area contributed by atoms with E-state index in [-0.39, 0.29) is 0 Å². The van der Waals surface area contributed by atoms with Crippen molar-refractivity contribution < 1.29 is 4.11 Å². The fraction of sp³-hybridized carbons (Fsp3) is 0.857. The van der Waals surface area contributed by atoms with E-state index in [4.69, 9.17) is 5.26 Å². The van der Waals surface area contributed by atoms with Crippen molar-refractivity contribution in [1.82, 2.24) is 0 Å². The molecule has 0 aliphatic carbocycles. The largest absolute Gasteiger partial charge is 0.314 e. The Kier molecular flexibility index (Phi) is 2.61. The van der Waals surface area contributed by atoms with Crippen LogP contribution in [0.2, 0.25) is 18.1 Å². The molecule has 3 heteroatoms. The second-order valence-electron chi connectivity index (χ2n) is 3.69. The van der Waals surface area contributed by atoms with Gasteiger partial charge in [-0.2, -0.15) is 5.26 Å². The van der Waals surface area contributed by atoms with Crippen LogP contribution in [0, 0.1) is 11.3 Å². The first-order chi connectivity index (χ1) is 4.31. The van der Waals surface area contributed by atoms with Crippen LogP contribution < -0.4 is 0 Å². The molecule has 0 spiro atoms. The molecular formula is C7H14FNSi. The number of rotatable bonds is 2. The third kappa shape index (κ3) is 2.11. The Morgan fingerprint density at radius 2 is 1.90 bits per heavy atom. The first-order valence-electron chi connectivity index (χ1n) is 3.37. The van der Waals surface area contributed by atoms with E-state index >= 15 is 0 Å². The van der Waals surface area contributed by atoms with Crippen LogP contribution in [0.3, 0.4) is 0 Å². The van der Waals surface area contributed by atoms with Gasteiger partial charge >= 0.3 is 0 Å². The van der Waals surface area contributed by atoms with Gasteiger partial charge in [0.05, 0.1) is 6.07 Å². The van der Waals surface area contributed by atoms with E-state index < -0.39 is 13.4 Å². The van der Waals surface area contributed by atoms with E-state index in [0.717, 1.165) is 0 Å². The zero-order valence-electron chi connectivity index (χ0n) is 7.03. The van der Waals surface area contributed by atoms with Crippen molar-refractivity contribution in [3.63, 3.8) is 0 Å². The minimum atomic E-state index is -2.63. The third-order valence-electron chi connectivity index (χ3n) is 2.13. The van der Waals surface area contributed by atoms with Crippen molar-refractivity contribution in [3.05, 3.63) is 0 Å². The predicted molar refractivity (Wildman–Crippen MR) is 42.9 cm³/mol. The average Bonchev–Trinajstić information content (AvgIpc) is 1.61. The first-order valence-corrected chi connectivity index (χ1v) is 6.25. The molecule has 0 radical (unpaired) electrons. The number of nitrogens with zero attached hydrogens (tertiary/aromatic N) is 1. The Morgan fingerprint density at radius 1 is 1.50 bits per heavy atom. The lowest BCUT2D eigenvalue weighted by Gasteiger charge is -2.29. The molecule has 0 saturated heterocycles. The second kappa shape index (κ2) is 2.71. The van der Waals surface area contributed by atoms with Crippen LogP contribution in [0.1, 0.15) is 20.3 Å². The molecule has 0 aliphatic heterocycles. The fourth-order valence-corrected chi connectivity index (χ4v) is 0.907. The van der Waals surface area contributed by atoms with Crippen molar-refractivity contribution in [2.75, 3.05) is 0 Å². The monoisotopic (exact) mass is 159 g/mol. The molecule has 0 fully saturated rings. The highest BCUT2D eigenvalue weighted by Gasteiger charge is 2.40. The molecule has 0 aromatic carbocycles. The SMILES string of the molecule is CC(C)(CC#N)[Si](C)(C)F. The van der Waals surface area contributed by atoms with E-state index in [0.29, 0.717) is 6.42 Å². The van der Waals surface area contributed by atoms with Gasteiger partial charge in [0.15, 0.2) is 0 Å². The topological polar surface area (TPSA) is 23.8 Å². The van der Waals surface area contributed by atoms with Crippen molar-refractivity contribution in [1.29, 1.82) is 5.26 Å². The molecule has 1 nitrogen and oxygen atoms in total. The number of hydrogen-bond donors (Lipinski definition) is 0. The van der Waals surface area contributed by atoms with Gasteiger partial charge in [0.1, 0.15) is 0 Å². The minimum Gasteiger partial charge on any atom is -0.314 e. The molecule has 0 amide bonds. The summed E-state index contributed by atoms with van der Waals surface area (Å²) in [5, 5.41) is 7.97. The molecule has 0 aliphatic rings. The van der Waals surface area contributed by atoms with E-state index in [9.17, 15) is 4.11 Å². The predicted octanol–water partition coefficient (Wildman–Crippen LogP) is 2.85. The standard InChI is InChI=1S/C7H14FNSi/c1-7(2,5-6-9)10(3,4)8/h5H2,1-4H3. The molecule has 0 bridgehead atoms. The normalized spacial score (nSPS) is 12.8. The maximum absolute atomic E-state index is 13.3. The van der Waals surface area contributed by atoms with Crippen molar-refractivity contribution in [2.45, 2.75) is 38.4 Å². The summed E-state index contributed by atoms with van der Waals surface area (Å²) in [6, 6.07) is 2.01. The maximum atomic E-state index is 13.3. The van der Waals surface area contributed by atoms with Gasteiger partial charge in [-0.05, 0) is 13.1 Å². The molecule has 0 saturated carbocycles. The Balaban J connectivity index is 4.28. The summed E-state index contributed by atoms with van der Waals surface area (Å²) in [4.78, 5) is 0. The van der Waals surface area contributed by atoms with Crippen LogP contribution >= 0.6 is 0 Å². The van der Waals surface area contributed by atoms with E-state index in [1.54, 1.807) is 13.1 Å². The summed E-state index contributed by atoms with van der Waals surface area (Å²) >= 11 is 0. The lowest BCUT2D eigenvalue weighted by Crippen LogP contribution is -2.33. The van der Waals surface area contributed by atoms with Gasteiger partial charge in [-0.15, -0.1) is 0 Å². The van der Waals surface area contributed by atoms with E-state index in [2.05, 4.69) is 0 Å². The Labute approximate surface area is 63.0 Å². The zero-order valence-corrected chi connectivity index (χ0v) is 8.03. The quantitative estimate of drug-likeness (QED) is 0.449. The van der Waals surface area contributed by atoms with E-state index in [1.807, 2.05) is 19.9 Å². The number of nitriles is 1. The summed E-state index contributed by atoms with van der Waals surface area (Å²) in [5.74, 6) is 0. The van der Waals surface area contributed by atoms with Gasteiger partial charge in [-0.25, -0.2) is 0 Å². The van der Waals surface area contributed by atoms with Crippen LogP contribution in [0.5, 0.6) is 0 Å². The molecule has 0 N–H and O–H groups in total. The van der Waals surface area contributed by atoms with Gasteiger partial charge in [0.25, 0.3) is 0 Å². The number of hydrogen-bond acceptors (Lipinski definition) is 1. The summed E-state index contributed by atoms with van der Waals surface area (Å²) in [6.07, 6.45) is 0.322. The fourth-order valence-electron chi connectivity index (χ4n) is 0.408. The van der Waals surface area contributed by atoms with Gasteiger partial charge in [-0.1, -0.05) is 13.8 Å². The van der Waals surface area contributed by atoms with Crippen LogP contribution in [-0.2, 0) is 0 Å². The molecule has 0 aromatic heterocycles. The first kappa shape index (κ1) is 9.64. The lowest BCUT2D eigenvalue weighted by atomic mass is 10.1. The summed E-state index contributed by atoms with van der Waals surface area (Å²) in [5.41, 5.74) is 0. The van der Waals surface area contributed by atoms with Gasteiger partial charge in [-0.3, -0.25) is 0 Å². The average molecular weight is 159 g/mol. The number of halogens is 1. The Hall–Kier alpha value is -0.363. The van der Waals surface area contributed by atoms with Crippen LogP contribution in [0.25, 0.3) is 0 Å². The zero-order chi connectivity index (χ0) is 8.41. The Bertz CT molecular complexity index is 152. The smallest absolute Gasteiger partial charge is 0.247 e. The Morgan fingerprint density at radius 3 is 2.00 bits per heavy atom. The van der Waals surface area contributed by atoms with Crippen LogP contribution in [0.15, 0.2) is 0 Å². The maximum Gasteiger partial charge on any atom is 0.247 e. The molecule has 0 unspecified atom stereocenters. The van der Waals surface area contributed by atoms with Crippen molar-refractivity contribution >= 4 is 8.41 Å². The molecule has 0 heterocycles. The highest BCUT2D eigenvalue weighted by atomic mass is 28.4. The highest BCUT2D eigenvalue weighted by molar-refractivity contribution is 6.73. The van der Waals surface area contributed by atoms with Gasteiger partial charge < -0.3 is 4.11 Å². The molecule has 0 atom stereocenters.